The van der Waals surface area contributed by atoms with Gasteiger partial charge < -0.3 is 10.2 Å². The lowest BCUT2D eigenvalue weighted by molar-refractivity contribution is -0.140. The number of aliphatic hydroxyl groups is 1. The number of benzene rings is 1. The number of hydrogen-bond donors (Lipinski definition) is 2. The zero-order valence-electron chi connectivity index (χ0n) is 10.3. The molecule has 7 nitrogen and oxygen atoms in total. The molecular formula is C12H12N2O5S. The second kappa shape index (κ2) is 5.20. The van der Waals surface area contributed by atoms with Gasteiger partial charge in [-0.3, -0.25) is 4.79 Å². The van der Waals surface area contributed by atoms with Crippen LogP contribution in [0.25, 0.3) is 0 Å². The van der Waals surface area contributed by atoms with Crippen LogP contribution in [0.5, 0.6) is 0 Å². The van der Waals surface area contributed by atoms with Crippen molar-refractivity contribution in [3.05, 3.63) is 29.8 Å². The highest BCUT2D eigenvalue weighted by atomic mass is 32.2. The molecule has 0 unspecified atom stereocenters. The van der Waals surface area contributed by atoms with Crippen LogP contribution in [0.4, 0.5) is 0 Å². The van der Waals surface area contributed by atoms with Crippen LogP contribution in [-0.4, -0.2) is 47.6 Å². The Labute approximate surface area is 115 Å². The molecule has 1 fully saturated rings. The lowest BCUT2D eigenvalue weighted by atomic mass is 10.2. The smallest absolute Gasteiger partial charge is 0.322 e. The Morgan fingerprint density at radius 1 is 1.35 bits per heavy atom. The van der Waals surface area contributed by atoms with Gasteiger partial charge in [0.05, 0.1) is 22.6 Å². The highest BCUT2D eigenvalue weighted by molar-refractivity contribution is 7.89. The van der Waals surface area contributed by atoms with Crippen LogP contribution in [0.1, 0.15) is 12.0 Å². The summed E-state index contributed by atoms with van der Waals surface area (Å²) >= 11 is 0. The Hall–Kier alpha value is -1.95. The van der Waals surface area contributed by atoms with Gasteiger partial charge in [-0.2, -0.15) is 9.57 Å². The Bertz CT molecular complexity index is 662. The molecule has 2 N–H and O–H groups in total. The molecule has 8 heteroatoms. The number of aliphatic hydroxyl groups excluding tert-OH is 1. The third-order valence-electron chi connectivity index (χ3n) is 3.11. The van der Waals surface area contributed by atoms with Crippen molar-refractivity contribution in [2.45, 2.75) is 23.5 Å². The molecule has 106 valence electrons. The largest absolute Gasteiger partial charge is 0.480 e. The second-order valence-corrected chi connectivity index (χ2v) is 6.35. The number of carboxylic acid groups (broad SMARTS) is 1. The van der Waals surface area contributed by atoms with Crippen molar-refractivity contribution in [3.8, 4) is 6.07 Å². The van der Waals surface area contributed by atoms with Gasteiger partial charge in [0.25, 0.3) is 0 Å². The van der Waals surface area contributed by atoms with E-state index in [9.17, 15) is 18.3 Å². The van der Waals surface area contributed by atoms with Gasteiger partial charge in [-0.15, -0.1) is 0 Å². The molecule has 0 radical (unpaired) electrons. The third kappa shape index (κ3) is 2.51. The molecular weight excluding hydrogens is 284 g/mol. The lowest BCUT2D eigenvalue weighted by Gasteiger charge is -2.20. The molecule has 1 aromatic carbocycles. The minimum Gasteiger partial charge on any atom is -0.480 e. The monoisotopic (exact) mass is 296 g/mol. The van der Waals surface area contributed by atoms with E-state index in [1.807, 2.05) is 6.07 Å². The van der Waals surface area contributed by atoms with E-state index in [1.54, 1.807) is 0 Å². The molecule has 0 aliphatic carbocycles. The van der Waals surface area contributed by atoms with E-state index < -0.39 is 28.1 Å². The average Bonchev–Trinajstić information content (AvgIpc) is 2.82. The van der Waals surface area contributed by atoms with E-state index in [4.69, 9.17) is 10.4 Å². The summed E-state index contributed by atoms with van der Waals surface area (Å²) in [7, 11) is -4.01. The van der Waals surface area contributed by atoms with Gasteiger partial charge in [-0.1, -0.05) is 0 Å². The van der Waals surface area contributed by atoms with Gasteiger partial charge >= 0.3 is 5.97 Å². The van der Waals surface area contributed by atoms with Gasteiger partial charge in [0, 0.05) is 13.0 Å². The number of hydrogen-bond acceptors (Lipinski definition) is 5. The van der Waals surface area contributed by atoms with Gasteiger partial charge in [-0.25, -0.2) is 8.42 Å². The van der Waals surface area contributed by atoms with Gasteiger partial charge in [0.15, 0.2) is 0 Å². The van der Waals surface area contributed by atoms with Crippen molar-refractivity contribution >= 4 is 16.0 Å². The number of nitriles is 1. The molecule has 1 aliphatic rings. The van der Waals surface area contributed by atoms with Crippen molar-refractivity contribution in [1.29, 1.82) is 5.26 Å². The molecule has 0 amide bonds. The SMILES string of the molecule is N#Cc1ccc(S(=O)(=O)N2C[C@@H](O)C[C@H]2C(=O)O)cc1. The number of nitrogens with zero attached hydrogens (tertiary/aromatic N) is 2. The van der Waals surface area contributed by atoms with Crippen LogP contribution in [0, 0.1) is 11.3 Å². The zero-order chi connectivity index (χ0) is 14.9. The number of sulfonamides is 1. The Kier molecular flexibility index (Phi) is 3.76. The fraction of sp³-hybridized carbons (Fsp3) is 0.333. The lowest BCUT2D eigenvalue weighted by Crippen LogP contribution is -2.40. The maximum Gasteiger partial charge on any atom is 0.322 e. The molecule has 0 aromatic heterocycles. The fourth-order valence-electron chi connectivity index (χ4n) is 2.11. The van der Waals surface area contributed by atoms with Gasteiger partial charge in [0.1, 0.15) is 6.04 Å². The van der Waals surface area contributed by atoms with Crippen LogP contribution in [0.3, 0.4) is 0 Å². The van der Waals surface area contributed by atoms with Crippen molar-refractivity contribution < 1.29 is 23.4 Å². The summed E-state index contributed by atoms with van der Waals surface area (Å²) in [5, 5.41) is 27.2. The number of rotatable bonds is 3. The molecule has 1 aromatic rings. The summed E-state index contributed by atoms with van der Waals surface area (Å²) in [6.45, 7) is -0.251. The average molecular weight is 296 g/mol. The van der Waals surface area contributed by atoms with Gasteiger partial charge in [0.2, 0.25) is 10.0 Å². The predicted octanol–water partition coefficient (Wildman–Crippen LogP) is -0.233. The molecule has 2 rings (SSSR count). The predicted molar refractivity (Wildman–Crippen MR) is 67.1 cm³/mol. The van der Waals surface area contributed by atoms with E-state index >= 15 is 0 Å². The summed E-state index contributed by atoms with van der Waals surface area (Å²) < 4.78 is 25.5. The summed E-state index contributed by atoms with van der Waals surface area (Å²) in [5.74, 6) is -1.29. The molecule has 0 bridgehead atoms. The molecule has 0 saturated carbocycles. The summed E-state index contributed by atoms with van der Waals surface area (Å²) in [6.07, 6.45) is -1.13. The minimum absolute atomic E-state index is 0.100. The van der Waals surface area contributed by atoms with Crippen molar-refractivity contribution in [2.75, 3.05) is 6.54 Å². The summed E-state index contributed by atoms with van der Waals surface area (Å²) in [6, 6.07) is 5.77. The Morgan fingerprint density at radius 3 is 2.45 bits per heavy atom. The molecule has 2 atom stereocenters. The second-order valence-electron chi connectivity index (χ2n) is 4.45. The molecule has 0 spiro atoms. The molecule has 1 heterocycles. The zero-order valence-corrected chi connectivity index (χ0v) is 11.1. The maximum atomic E-state index is 12.4. The van der Waals surface area contributed by atoms with Crippen LogP contribution >= 0.6 is 0 Å². The topological polar surface area (TPSA) is 119 Å². The highest BCUT2D eigenvalue weighted by Gasteiger charge is 2.43. The van der Waals surface area contributed by atoms with E-state index in [2.05, 4.69) is 0 Å². The van der Waals surface area contributed by atoms with E-state index in [0.29, 0.717) is 5.56 Å². The van der Waals surface area contributed by atoms with Gasteiger partial charge in [-0.05, 0) is 24.3 Å². The van der Waals surface area contributed by atoms with E-state index in [1.165, 1.54) is 24.3 Å². The standard InChI is InChI=1S/C12H12N2O5S/c13-6-8-1-3-10(4-2-8)20(18,19)14-7-9(15)5-11(14)12(16)17/h1-4,9,11,15H,5,7H2,(H,16,17)/t9-,11-/m0/s1. The third-order valence-corrected chi connectivity index (χ3v) is 5.00. The number of carbonyl (C=O) groups is 1. The molecule has 20 heavy (non-hydrogen) atoms. The number of aliphatic carboxylic acids is 1. The fourth-order valence-corrected chi connectivity index (χ4v) is 3.74. The number of carboxylic acids is 1. The number of β-amino-alcohol motifs (C(OH)–C–C–N with tert-alkyl or cyclic N) is 1. The molecule has 1 aliphatic heterocycles. The van der Waals surface area contributed by atoms with E-state index in [-0.39, 0.29) is 17.9 Å². The Morgan fingerprint density at radius 2 is 1.95 bits per heavy atom. The molecule has 1 saturated heterocycles. The van der Waals surface area contributed by atoms with Crippen molar-refractivity contribution in [3.63, 3.8) is 0 Å². The first-order chi connectivity index (χ1) is 9.36. The van der Waals surface area contributed by atoms with Crippen LogP contribution in [0.2, 0.25) is 0 Å². The van der Waals surface area contributed by atoms with Crippen LogP contribution in [-0.2, 0) is 14.8 Å². The van der Waals surface area contributed by atoms with Crippen molar-refractivity contribution in [2.24, 2.45) is 0 Å². The Balaban J connectivity index is 2.38. The van der Waals surface area contributed by atoms with Crippen LogP contribution in [0.15, 0.2) is 29.2 Å². The first-order valence-electron chi connectivity index (χ1n) is 5.79. The quantitative estimate of drug-likeness (QED) is 0.795. The minimum atomic E-state index is -4.01. The first kappa shape index (κ1) is 14.5. The summed E-state index contributed by atoms with van der Waals surface area (Å²) in [5.41, 5.74) is 0.306. The highest BCUT2D eigenvalue weighted by Crippen LogP contribution is 2.26. The normalized spacial score (nSPS) is 23.4. The van der Waals surface area contributed by atoms with E-state index in [0.717, 1.165) is 4.31 Å². The van der Waals surface area contributed by atoms with Crippen molar-refractivity contribution in [1.82, 2.24) is 4.31 Å². The first-order valence-corrected chi connectivity index (χ1v) is 7.23. The maximum absolute atomic E-state index is 12.4. The van der Waals surface area contributed by atoms with Crippen LogP contribution < -0.4 is 0 Å². The summed E-state index contributed by atoms with van der Waals surface area (Å²) in [4.78, 5) is 11.0.